The Balaban J connectivity index is 1.86. The van der Waals surface area contributed by atoms with Gasteiger partial charge in [-0.2, -0.15) is 0 Å². The van der Waals surface area contributed by atoms with Crippen LogP contribution in [-0.4, -0.2) is 11.9 Å². The number of rotatable bonds is 2. The van der Waals surface area contributed by atoms with E-state index >= 15 is 0 Å². The van der Waals surface area contributed by atoms with Gasteiger partial charge in [0.25, 0.3) is 5.82 Å². The van der Waals surface area contributed by atoms with Gasteiger partial charge in [-0.25, -0.2) is 0 Å². The van der Waals surface area contributed by atoms with Crippen LogP contribution in [0.25, 0.3) is 4.85 Å². The van der Waals surface area contributed by atoms with E-state index in [-0.39, 0.29) is 6.92 Å². The van der Waals surface area contributed by atoms with Crippen molar-refractivity contribution in [3.8, 4) is 11.6 Å². The van der Waals surface area contributed by atoms with Crippen molar-refractivity contribution in [1.29, 1.82) is 0 Å². The first-order chi connectivity index (χ1) is 9.26. The minimum Gasteiger partial charge on any atom is -0.427 e. The van der Waals surface area contributed by atoms with Crippen LogP contribution in [0.2, 0.25) is 6.82 Å². The van der Waals surface area contributed by atoms with Gasteiger partial charge in [-0.1, -0.05) is 30.5 Å². The molecular weight excluding hydrogens is 239 g/mol. The predicted octanol–water partition coefficient (Wildman–Crippen LogP) is 2.78. The third kappa shape index (κ3) is 2.31. The van der Waals surface area contributed by atoms with Gasteiger partial charge in [0.1, 0.15) is 5.75 Å². The molecule has 1 aliphatic heterocycles. The van der Waals surface area contributed by atoms with E-state index in [0.717, 1.165) is 5.56 Å². The number of hydrogen-bond acceptors (Lipinski definition) is 3. The predicted molar refractivity (Wildman–Crippen MR) is 73.1 cm³/mol. The number of nitrogens with zero attached hydrogens (tertiary/aromatic N) is 2. The molecule has 2 aromatic rings. The number of fused-ring (bicyclic) bond motifs is 1. The van der Waals surface area contributed by atoms with Gasteiger partial charge in [0.2, 0.25) is 0 Å². The molecule has 0 N–H and O–H groups in total. The standard InChI is InChI=1S/C14H11BN2O2/c1-15-12-7-6-11(8-10(12)9-18-15)19-14-5-3-4-13(16-2)17-14/h3-8H,9H2,1H3. The summed E-state index contributed by atoms with van der Waals surface area (Å²) < 4.78 is 11.2. The first kappa shape index (κ1) is 11.8. The van der Waals surface area contributed by atoms with E-state index in [2.05, 4.69) is 9.83 Å². The normalized spacial score (nSPS) is 12.9. The van der Waals surface area contributed by atoms with Gasteiger partial charge in [0, 0.05) is 6.07 Å². The zero-order valence-electron chi connectivity index (χ0n) is 10.5. The lowest BCUT2D eigenvalue weighted by Crippen LogP contribution is -2.23. The minimum absolute atomic E-state index is 0.146. The Morgan fingerprint density at radius 3 is 3.11 bits per heavy atom. The van der Waals surface area contributed by atoms with Crippen LogP contribution in [0.1, 0.15) is 5.56 Å². The lowest BCUT2D eigenvalue weighted by molar-refractivity contribution is 0.333. The molecule has 0 bridgehead atoms. The third-order valence-corrected chi connectivity index (χ3v) is 3.09. The van der Waals surface area contributed by atoms with Crippen molar-refractivity contribution in [1.82, 2.24) is 4.98 Å². The lowest BCUT2D eigenvalue weighted by Gasteiger charge is -2.04. The molecule has 0 saturated heterocycles. The maximum atomic E-state index is 6.93. The lowest BCUT2D eigenvalue weighted by atomic mass is 9.64. The maximum Gasteiger partial charge on any atom is 0.324 e. The first-order valence-electron chi connectivity index (χ1n) is 6.03. The van der Waals surface area contributed by atoms with E-state index < -0.39 is 0 Å². The first-order valence-corrected chi connectivity index (χ1v) is 6.03. The second-order valence-corrected chi connectivity index (χ2v) is 4.36. The van der Waals surface area contributed by atoms with Gasteiger partial charge in [0.15, 0.2) is 0 Å². The van der Waals surface area contributed by atoms with Crippen molar-refractivity contribution in [3.05, 3.63) is 53.4 Å². The Kier molecular flexibility index (Phi) is 2.94. The summed E-state index contributed by atoms with van der Waals surface area (Å²) in [5.41, 5.74) is 2.35. The highest BCUT2D eigenvalue weighted by molar-refractivity contribution is 6.67. The molecule has 0 radical (unpaired) electrons. The molecule has 5 heteroatoms. The zero-order chi connectivity index (χ0) is 13.2. The summed E-state index contributed by atoms with van der Waals surface area (Å²) in [4.78, 5) is 7.37. The molecule has 1 aromatic heterocycles. The highest BCUT2D eigenvalue weighted by Crippen LogP contribution is 2.24. The Hall–Kier alpha value is -2.32. The van der Waals surface area contributed by atoms with Crippen LogP contribution in [0.15, 0.2) is 36.4 Å². The molecule has 2 heterocycles. The summed E-state index contributed by atoms with van der Waals surface area (Å²) in [7, 11) is 0. The zero-order valence-corrected chi connectivity index (χ0v) is 10.5. The molecule has 1 aliphatic rings. The monoisotopic (exact) mass is 250 g/mol. The summed E-state index contributed by atoms with van der Waals surface area (Å²) >= 11 is 0. The summed E-state index contributed by atoms with van der Waals surface area (Å²) in [5, 5.41) is 0. The third-order valence-electron chi connectivity index (χ3n) is 3.09. The number of hydrogen-bond donors (Lipinski definition) is 0. The average molecular weight is 250 g/mol. The van der Waals surface area contributed by atoms with Crippen molar-refractivity contribution in [2.75, 3.05) is 0 Å². The molecule has 19 heavy (non-hydrogen) atoms. The topological polar surface area (TPSA) is 35.7 Å². The number of aromatic nitrogens is 1. The van der Waals surface area contributed by atoms with Crippen LogP contribution in [0.4, 0.5) is 5.82 Å². The van der Waals surface area contributed by atoms with Crippen LogP contribution in [0, 0.1) is 6.57 Å². The summed E-state index contributed by atoms with van der Waals surface area (Å²) in [6.45, 7) is 9.73. The Bertz CT molecular complexity index is 667. The van der Waals surface area contributed by atoms with E-state index in [9.17, 15) is 0 Å². The Morgan fingerprint density at radius 2 is 2.26 bits per heavy atom. The largest absolute Gasteiger partial charge is 0.427 e. The maximum absolute atomic E-state index is 6.93. The summed E-state index contributed by atoms with van der Waals surface area (Å²) in [6, 6.07) is 11.0. The van der Waals surface area contributed by atoms with Crippen LogP contribution in [0.5, 0.6) is 11.6 Å². The highest BCUT2D eigenvalue weighted by Gasteiger charge is 2.23. The van der Waals surface area contributed by atoms with E-state index in [4.69, 9.17) is 16.0 Å². The second kappa shape index (κ2) is 4.75. The number of benzene rings is 1. The Morgan fingerprint density at radius 1 is 1.37 bits per heavy atom. The molecule has 0 saturated carbocycles. The molecular formula is C14H11BN2O2. The van der Waals surface area contributed by atoms with Gasteiger partial charge in [-0.3, -0.25) is 0 Å². The number of pyridine rings is 1. The number of ether oxygens (including phenoxy) is 1. The summed E-state index contributed by atoms with van der Waals surface area (Å²) in [5.74, 6) is 1.47. The van der Waals surface area contributed by atoms with Gasteiger partial charge in [0.05, 0.1) is 6.61 Å². The van der Waals surface area contributed by atoms with Crippen LogP contribution in [-0.2, 0) is 11.3 Å². The smallest absolute Gasteiger partial charge is 0.324 e. The van der Waals surface area contributed by atoms with Gasteiger partial charge >= 0.3 is 12.8 Å². The van der Waals surface area contributed by atoms with Crippen molar-refractivity contribution in [2.45, 2.75) is 13.4 Å². The molecule has 1 aromatic carbocycles. The molecule has 0 spiro atoms. The fourth-order valence-corrected chi connectivity index (χ4v) is 2.12. The SMILES string of the molecule is [C-]#[N+]c1cccc(Oc2ccc3c(c2)COB3C)n1. The molecule has 0 atom stereocenters. The van der Waals surface area contributed by atoms with Gasteiger partial charge in [-0.05, 0) is 29.2 Å². The molecule has 92 valence electrons. The summed E-state index contributed by atoms with van der Waals surface area (Å²) in [6.07, 6.45) is 0. The van der Waals surface area contributed by atoms with E-state index in [1.807, 2.05) is 25.0 Å². The van der Waals surface area contributed by atoms with Crippen LogP contribution >= 0.6 is 0 Å². The van der Waals surface area contributed by atoms with E-state index in [0.29, 0.717) is 24.1 Å². The van der Waals surface area contributed by atoms with Crippen molar-refractivity contribution < 1.29 is 9.39 Å². The van der Waals surface area contributed by atoms with Crippen LogP contribution < -0.4 is 10.2 Å². The Labute approximate surface area is 111 Å². The molecule has 3 rings (SSSR count). The second-order valence-electron chi connectivity index (χ2n) is 4.36. The quantitative estimate of drug-likeness (QED) is 0.607. The fraction of sp³-hybridized carbons (Fsp3) is 0.143. The molecule has 0 unspecified atom stereocenters. The highest BCUT2D eigenvalue weighted by atomic mass is 16.5. The van der Waals surface area contributed by atoms with Crippen molar-refractivity contribution >= 4 is 18.2 Å². The molecule has 4 nitrogen and oxygen atoms in total. The van der Waals surface area contributed by atoms with Gasteiger partial charge in [-0.15, -0.1) is 0 Å². The van der Waals surface area contributed by atoms with Gasteiger partial charge < -0.3 is 14.2 Å². The fourth-order valence-electron chi connectivity index (χ4n) is 2.12. The van der Waals surface area contributed by atoms with Crippen molar-refractivity contribution in [2.24, 2.45) is 0 Å². The van der Waals surface area contributed by atoms with E-state index in [1.54, 1.807) is 18.2 Å². The van der Waals surface area contributed by atoms with E-state index in [1.165, 1.54) is 5.46 Å². The van der Waals surface area contributed by atoms with Crippen molar-refractivity contribution in [3.63, 3.8) is 0 Å². The molecule has 0 amide bonds. The molecule has 0 fully saturated rings. The van der Waals surface area contributed by atoms with Crippen LogP contribution in [0.3, 0.4) is 0 Å². The molecule has 0 aliphatic carbocycles. The average Bonchev–Trinajstić information content (AvgIpc) is 2.80. The minimum atomic E-state index is 0.146.